The second-order valence-electron chi connectivity index (χ2n) is 5.65. The number of hydrogen-bond acceptors (Lipinski definition) is 3. The van der Waals surface area contributed by atoms with E-state index >= 15 is 0 Å². The van der Waals surface area contributed by atoms with Gasteiger partial charge in [-0.2, -0.15) is 0 Å². The first-order chi connectivity index (χ1) is 12.1. The van der Waals surface area contributed by atoms with Crippen LogP contribution in [0.3, 0.4) is 0 Å². The minimum absolute atomic E-state index is 0.0000260. The highest BCUT2D eigenvalue weighted by molar-refractivity contribution is 8.04. The maximum atomic E-state index is 13.0. The van der Waals surface area contributed by atoms with Crippen LogP contribution in [0.2, 0.25) is 0 Å². The summed E-state index contributed by atoms with van der Waals surface area (Å²) in [4.78, 5) is 14.2. The lowest BCUT2D eigenvalue weighted by atomic mass is 10.1. The van der Waals surface area contributed by atoms with Gasteiger partial charge in [-0.05, 0) is 19.1 Å². The smallest absolute Gasteiger partial charge is 0.203 e. The molecule has 0 saturated carbocycles. The molecule has 0 heterocycles. The Bertz CT molecular complexity index is 882. The Morgan fingerprint density at radius 1 is 0.760 bits per heavy atom. The van der Waals surface area contributed by atoms with E-state index < -0.39 is 0 Å². The third-order valence-electron chi connectivity index (χ3n) is 3.75. The van der Waals surface area contributed by atoms with Gasteiger partial charge in [0.25, 0.3) is 0 Å². The number of ketones is 1. The molecular formula is C22H18O2S. The number of rotatable bonds is 5. The highest BCUT2D eigenvalue weighted by Gasteiger charge is 2.19. The van der Waals surface area contributed by atoms with Gasteiger partial charge in [-0.25, -0.2) is 0 Å². The van der Waals surface area contributed by atoms with Crippen molar-refractivity contribution in [2.45, 2.75) is 11.8 Å². The molecule has 3 aromatic rings. The average Bonchev–Trinajstić information content (AvgIpc) is 2.68. The first-order valence-corrected chi connectivity index (χ1v) is 8.80. The van der Waals surface area contributed by atoms with Crippen molar-refractivity contribution in [3.63, 3.8) is 0 Å². The van der Waals surface area contributed by atoms with E-state index in [-0.39, 0.29) is 11.5 Å². The molecule has 25 heavy (non-hydrogen) atoms. The van der Waals surface area contributed by atoms with Crippen LogP contribution in [-0.2, 0) is 0 Å². The molecule has 0 aromatic heterocycles. The van der Waals surface area contributed by atoms with Gasteiger partial charge in [-0.15, -0.1) is 0 Å². The number of allylic oxidation sites excluding steroid dienone is 1. The summed E-state index contributed by atoms with van der Waals surface area (Å²) in [5, 5.41) is 10.8. The predicted octanol–water partition coefficient (Wildman–Crippen LogP) is 5.90. The molecule has 1 N–H and O–H groups in total. The molecule has 0 aliphatic heterocycles. The summed E-state index contributed by atoms with van der Waals surface area (Å²) in [6.45, 7) is 2.02. The molecule has 0 aliphatic rings. The van der Waals surface area contributed by atoms with Crippen LogP contribution in [0, 0.1) is 6.92 Å². The van der Waals surface area contributed by atoms with Gasteiger partial charge in [0.1, 0.15) is 10.7 Å². The van der Waals surface area contributed by atoms with Crippen LogP contribution >= 0.6 is 11.8 Å². The standard InChI is InChI=1S/C22H18O2S/c1-16-12-14-19(15-13-16)25-22(20(23)17-8-4-2-5-9-17)21(24)18-10-6-3-7-11-18/h2-15,23H,1H3. The van der Waals surface area contributed by atoms with E-state index in [0.29, 0.717) is 16.0 Å². The lowest BCUT2D eigenvalue weighted by molar-refractivity contribution is 0.104. The third kappa shape index (κ3) is 4.20. The first-order valence-electron chi connectivity index (χ1n) is 7.98. The molecule has 3 heteroatoms. The fourth-order valence-electron chi connectivity index (χ4n) is 2.37. The minimum atomic E-state index is -0.187. The van der Waals surface area contributed by atoms with E-state index in [1.54, 1.807) is 24.3 Å². The number of benzene rings is 3. The van der Waals surface area contributed by atoms with Gasteiger partial charge in [0.15, 0.2) is 0 Å². The average molecular weight is 346 g/mol. The van der Waals surface area contributed by atoms with Gasteiger partial charge in [0.2, 0.25) is 5.78 Å². The van der Waals surface area contributed by atoms with Crippen LogP contribution in [0.5, 0.6) is 0 Å². The second kappa shape index (κ2) is 7.86. The van der Waals surface area contributed by atoms with Crippen LogP contribution in [0.25, 0.3) is 5.76 Å². The summed E-state index contributed by atoms with van der Waals surface area (Å²) >= 11 is 1.28. The SMILES string of the molecule is Cc1ccc(SC(C(=O)c2ccccc2)=C(O)c2ccccc2)cc1. The largest absolute Gasteiger partial charge is 0.506 e. The van der Waals surface area contributed by atoms with E-state index in [1.165, 1.54) is 11.8 Å². The molecule has 0 unspecified atom stereocenters. The van der Waals surface area contributed by atoms with Crippen LogP contribution in [0.15, 0.2) is 94.7 Å². The van der Waals surface area contributed by atoms with E-state index in [0.717, 1.165) is 10.5 Å². The summed E-state index contributed by atoms with van der Waals surface area (Å²) in [7, 11) is 0. The number of aliphatic hydroxyl groups excluding tert-OH is 1. The Morgan fingerprint density at radius 3 is 1.84 bits per heavy atom. The molecular weight excluding hydrogens is 328 g/mol. The Kier molecular flexibility index (Phi) is 5.36. The zero-order chi connectivity index (χ0) is 17.6. The van der Waals surface area contributed by atoms with Crippen LogP contribution in [0.1, 0.15) is 21.5 Å². The van der Waals surface area contributed by atoms with Crippen molar-refractivity contribution in [2.24, 2.45) is 0 Å². The van der Waals surface area contributed by atoms with Gasteiger partial charge >= 0.3 is 0 Å². The van der Waals surface area contributed by atoms with Crippen molar-refractivity contribution in [2.75, 3.05) is 0 Å². The van der Waals surface area contributed by atoms with Gasteiger partial charge < -0.3 is 5.11 Å². The summed E-state index contributed by atoms with van der Waals surface area (Å²) in [6, 6.07) is 26.1. The Morgan fingerprint density at radius 2 is 1.28 bits per heavy atom. The topological polar surface area (TPSA) is 37.3 Å². The van der Waals surface area contributed by atoms with Crippen molar-refractivity contribution in [1.29, 1.82) is 0 Å². The molecule has 0 fully saturated rings. The van der Waals surface area contributed by atoms with E-state index in [9.17, 15) is 9.90 Å². The van der Waals surface area contributed by atoms with Crippen molar-refractivity contribution < 1.29 is 9.90 Å². The number of carbonyl (C=O) groups is 1. The molecule has 0 bridgehead atoms. The van der Waals surface area contributed by atoms with Crippen LogP contribution in [-0.4, -0.2) is 10.9 Å². The normalized spacial score (nSPS) is 11.7. The number of carbonyl (C=O) groups excluding carboxylic acids is 1. The maximum absolute atomic E-state index is 13.0. The molecule has 0 amide bonds. The zero-order valence-corrected chi connectivity index (χ0v) is 14.7. The van der Waals surface area contributed by atoms with E-state index in [4.69, 9.17) is 0 Å². The fourth-order valence-corrected chi connectivity index (χ4v) is 3.31. The molecule has 0 aliphatic carbocycles. The molecule has 0 atom stereocenters. The Hall–Kier alpha value is -2.78. The van der Waals surface area contributed by atoms with E-state index in [2.05, 4.69) is 0 Å². The number of aliphatic hydroxyl groups is 1. The second-order valence-corrected chi connectivity index (χ2v) is 6.74. The lowest BCUT2D eigenvalue weighted by Crippen LogP contribution is -2.04. The van der Waals surface area contributed by atoms with Crippen molar-refractivity contribution in [3.05, 3.63) is 107 Å². The quantitative estimate of drug-likeness (QED) is 0.271. The predicted molar refractivity (Wildman–Crippen MR) is 104 cm³/mol. The minimum Gasteiger partial charge on any atom is -0.506 e. The van der Waals surface area contributed by atoms with Crippen molar-refractivity contribution in [3.8, 4) is 0 Å². The summed E-state index contributed by atoms with van der Waals surface area (Å²) in [5.74, 6) is -0.187. The highest BCUT2D eigenvalue weighted by atomic mass is 32.2. The summed E-state index contributed by atoms with van der Waals surface area (Å²) in [5.41, 5.74) is 2.33. The Balaban J connectivity index is 2.05. The van der Waals surface area contributed by atoms with Crippen LogP contribution in [0.4, 0.5) is 0 Å². The van der Waals surface area contributed by atoms with Crippen molar-refractivity contribution >= 4 is 23.3 Å². The fraction of sp³-hybridized carbons (Fsp3) is 0.0455. The Labute approximate surface area is 151 Å². The number of Topliss-reactive ketones (excluding diaryl/α,β-unsaturated/α-hetero) is 1. The van der Waals surface area contributed by atoms with Gasteiger partial charge in [-0.1, -0.05) is 90.1 Å². The summed E-state index contributed by atoms with van der Waals surface area (Å²) in [6.07, 6.45) is 0. The molecule has 2 nitrogen and oxygen atoms in total. The molecule has 0 spiro atoms. The third-order valence-corrected chi connectivity index (χ3v) is 4.84. The maximum Gasteiger partial charge on any atom is 0.203 e. The monoisotopic (exact) mass is 346 g/mol. The molecule has 0 radical (unpaired) electrons. The number of hydrogen-bond donors (Lipinski definition) is 1. The van der Waals surface area contributed by atoms with Gasteiger partial charge in [-0.3, -0.25) is 4.79 Å². The molecule has 124 valence electrons. The highest BCUT2D eigenvalue weighted by Crippen LogP contribution is 2.34. The van der Waals surface area contributed by atoms with Gasteiger partial charge in [0.05, 0.1) is 0 Å². The number of thioether (sulfide) groups is 1. The molecule has 3 aromatic carbocycles. The van der Waals surface area contributed by atoms with Gasteiger partial charge in [0, 0.05) is 16.0 Å². The summed E-state index contributed by atoms with van der Waals surface area (Å²) < 4.78 is 0. The zero-order valence-electron chi connectivity index (χ0n) is 13.8. The van der Waals surface area contributed by atoms with Crippen LogP contribution < -0.4 is 0 Å². The first kappa shape index (κ1) is 17.1. The lowest BCUT2D eigenvalue weighted by Gasteiger charge is -2.11. The number of aryl methyl sites for hydroxylation is 1. The molecule has 3 rings (SSSR count). The molecule has 0 saturated heterocycles. The van der Waals surface area contributed by atoms with Crippen molar-refractivity contribution in [1.82, 2.24) is 0 Å². The van der Waals surface area contributed by atoms with E-state index in [1.807, 2.05) is 67.6 Å².